The Morgan fingerprint density at radius 3 is 1.76 bits per heavy atom. The second-order valence-electron chi connectivity index (χ2n) is 5.22. The molecule has 0 saturated carbocycles. The summed E-state index contributed by atoms with van der Waals surface area (Å²) in [5.74, 6) is -2.81. The second kappa shape index (κ2) is 8.98. The minimum atomic E-state index is -1.33. The van der Waals surface area contributed by atoms with Crippen LogP contribution in [0.15, 0.2) is 0 Å². The fourth-order valence-electron chi connectivity index (χ4n) is 2.31. The highest BCUT2D eigenvalue weighted by Crippen LogP contribution is 2.29. The molecular weight excluding hydrogens is 338 g/mol. The summed E-state index contributed by atoms with van der Waals surface area (Å²) in [6.07, 6.45) is -6.25. The third-order valence-electron chi connectivity index (χ3n) is 3.09. The Hall–Kier alpha value is -2.67. The molecule has 0 aromatic heterocycles. The summed E-state index contributed by atoms with van der Waals surface area (Å²) in [5, 5.41) is 0. The van der Waals surface area contributed by atoms with Gasteiger partial charge in [0.1, 0.15) is 12.7 Å². The highest BCUT2D eigenvalue weighted by atomic mass is 16.7. The summed E-state index contributed by atoms with van der Waals surface area (Å²) >= 11 is 0. The van der Waals surface area contributed by atoms with Gasteiger partial charge in [0.05, 0.1) is 0 Å². The average Bonchev–Trinajstić information content (AvgIpc) is 2.48. The number of hydrogen-bond donors (Lipinski definition) is 0. The van der Waals surface area contributed by atoms with E-state index in [0.29, 0.717) is 0 Å². The average molecular weight is 357 g/mol. The zero-order chi connectivity index (χ0) is 19.1. The van der Waals surface area contributed by atoms with Crippen LogP contribution < -0.4 is 0 Å². The van der Waals surface area contributed by atoms with Gasteiger partial charge in [0.15, 0.2) is 12.2 Å². The molecule has 1 heterocycles. The SMILES string of the molecule is [C-]#[N+][C@@H]1O[C@H](COC(C)=O)[C@H](OC(C)=O)[C@H](OC(C)=O)[C@H]1OC(C)=O. The molecule has 5 atom stereocenters. The molecule has 0 amide bonds. The maximum absolute atomic E-state index is 11.4. The first kappa shape index (κ1) is 20.4. The number of rotatable bonds is 5. The molecule has 138 valence electrons. The number of ether oxygens (including phenoxy) is 5. The molecule has 0 radical (unpaired) electrons. The van der Waals surface area contributed by atoms with Crippen molar-refractivity contribution in [2.45, 2.75) is 58.3 Å². The first-order valence-electron chi connectivity index (χ1n) is 7.32. The van der Waals surface area contributed by atoms with Crippen LogP contribution in [0.4, 0.5) is 0 Å². The lowest BCUT2D eigenvalue weighted by molar-refractivity contribution is -0.244. The van der Waals surface area contributed by atoms with Crippen LogP contribution in [0.2, 0.25) is 0 Å². The van der Waals surface area contributed by atoms with Crippen LogP contribution in [0.1, 0.15) is 27.7 Å². The van der Waals surface area contributed by atoms with Crippen molar-refractivity contribution in [3.63, 3.8) is 0 Å². The van der Waals surface area contributed by atoms with Gasteiger partial charge in [0.2, 0.25) is 6.10 Å². The molecule has 1 rings (SSSR count). The highest BCUT2D eigenvalue weighted by Gasteiger charge is 2.55. The summed E-state index contributed by atoms with van der Waals surface area (Å²) in [7, 11) is 0. The molecule has 0 aromatic carbocycles. The van der Waals surface area contributed by atoms with E-state index in [0.717, 1.165) is 20.8 Å². The normalized spacial score (nSPS) is 28.2. The molecule has 10 nitrogen and oxygen atoms in total. The summed E-state index contributed by atoms with van der Waals surface area (Å²) in [6.45, 7) is 11.4. The summed E-state index contributed by atoms with van der Waals surface area (Å²) in [6, 6.07) is 0. The van der Waals surface area contributed by atoms with Crippen LogP contribution in [-0.2, 0) is 42.9 Å². The van der Waals surface area contributed by atoms with Gasteiger partial charge in [-0.05, 0) is 0 Å². The molecule has 1 aliphatic rings. The van der Waals surface area contributed by atoms with E-state index in [1.165, 1.54) is 6.92 Å². The zero-order valence-corrected chi connectivity index (χ0v) is 14.2. The quantitative estimate of drug-likeness (QED) is 0.380. The highest BCUT2D eigenvalue weighted by molar-refractivity contribution is 5.68. The van der Waals surface area contributed by atoms with Crippen molar-refractivity contribution in [1.29, 1.82) is 0 Å². The number of carbonyl (C=O) groups excluding carboxylic acids is 4. The van der Waals surface area contributed by atoms with Gasteiger partial charge in [-0.2, -0.15) is 0 Å². The van der Waals surface area contributed by atoms with Crippen LogP contribution in [0, 0.1) is 6.57 Å². The van der Waals surface area contributed by atoms with Crippen molar-refractivity contribution in [1.82, 2.24) is 0 Å². The molecule has 10 heteroatoms. The van der Waals surface area contributed by atoms with Crippen LogP contribution in [0.3, 0.4) is 0 Å². The van der Waals surface area contributed by atoms with Crippen LogP contribution in [0.25, 0.3) is 4.85 Å². The van der Waals surface area contributed by atoms with Crippen molar-refractivity contribution in [3.05, 3.63) is 11.4 Å². The van der Waals surface area contributed by atoms with Crippen molar-refractivity contribution >= 4 is 23.9 Å². The minimum Gasteiger partial charge on any atom is -0.463 e. The van der Waals surface area contributed by atoms with Gasteiger partial charge in [-0.25, -0.2) is 6.57 Å². The van der Waals surface area contributed by atoms with Gasteiger partial charge in [0, 0.05) is 27.7 Å². The molecule has 1 saturated heterocycles. The number of nitrogens with zero attached hydrogens (tertiary/aromatic N) is 1. The van der Waals surface area contributed by atoms with E-state index in [4.69, 9.17) is 30.3 Å². The third-order valence-corrected chi connectivity index (χ3v) is 3.09. The Morgan fingerprint density at radius 2 is 1.32 bits per heavy atom. The van der Waals surface area contributed by atoms with E-state index >= 15 is 0 Å². The largest absolute Gasteiger partial charge is 0.463 e. The topological polar surface area (TPSA) is 119 Å². The molecule has 0 aromatic rings. The molecule has 1 fully saturated rings. The first-order chi connectivity index (χ1) is 11.6. The fourth-order valence-corrected chi connectivity index (χ4v) is 2.31. The standard InChI is InChI=1S/C15H19NO9/c1-7(17)21-6-11-12(22-8(2)18)13(23-9(3)19)14(24-10(4)20)15(16-5)25-11/h11-15H,6H2,1-4H3/t11-,12+,13+,14-,15-/m1/s1. The van der Waals surface area contributed by atoms with Gasteiger partial charge >= 0.3 is 30.1 Å². The van der Waals surface area contributed by atoms with Gasteiger partial charge in [-0.15, -0.1) is 0 Å². The summed E-state index contributed by atoms with van der Waals surface area (Å²) < 4.78 is 25.6. The molecule has 0 bridgehead atoms. The predicted octanol–water partition coefficient (Wildman–Crippen LogP) is -0.0112. The lowest BCUT2D eigenvalue weighted by atomic mass is 9.97. The molecular formula is C15H19NO9. The maximum Gasteiger partial charge on any atom is 0.369 e. The molecule has 0 unspecified atom stereocenters. The molecule has 0 aliphatic carbocycles. The monoisotopic (exact) mass is 357 g/mol. The van der Waals surface area contributed by atoms with E-state index in [2.05, 4.69) is 4.85 Å². The van der Waals surface area contributed by atoms with E-state index in [1.54, 1.807) is 0 Å². The van der Waals surface area contributed by atoms with Crippen LogP contribution >= 0.6 is 0 Å². The lowest BCUT2D eigenvalue weighted by Gasteiger charge is -2.40. The third kappa shape index (κ3) is 6.04. The Balaban J connectivity index is 3.21. The fraction of sp³-hybridized carbons (Fsp3) is 0.667. The summed E-state index contributed by atoms with van der Waals surface area (Å²) in [5.41, 5.74) is 0. The zero-order valence-electron chi connectivity index (χ0n) is 14.2. The maximum atomic E-state index is 11.4. The van der Waals surface area contributed by atoms with Crippen molar-refractivity contribution in [2.75, 3.05) is 6.61 Å². The minimum absolute atomic E-state index is 0.343. The van der Waals surface area contributed by atoms with E-state index in [9.17, 15) is 19.2 Å². The van der Waals surface area contributed by atoms with Crippen molar-refractivity contribution < 1.29 is 42.9 Å². The second-order valence-corrected chi connectivity index (χ2v) is 5.22. The Kier molecular flexibility index (Phi) is 7.32. The number of esters is 4. The van der Waals surface area contributed by atoms with Crippen LogP contribution in [-0.4, -0.2) is 61.1 Å². The number of hydrogen-bond acceptors (Lipinski definition) is 9. The van der Waals surface area contributed by atoms with Gasteiger partial charge in [-0.1, -0.05) is 0 Å². The summed E-state index contributed by atoms with van der Waals surface area (Å²) in [4.78, 5) is 48.4. The predicted molar refractivity (Wildman–Crippen MR) is 78.6 cm³/mol. The van der Waals surface area contributed by atoms with E-state index in [1.807, 2.05) is 0 Å². The molecule has 1 aliphatic heterocycles. The Bertz CT molecular complexity index is 582. The smallest absolute Gasteiger partial charge is 0.369 e. The van der Waals surface area contributed by atoms with Crippen LogP contribution in [0.5, 0.6) is 0 Å². The van der Waals surface area contributed by atoms with Crippen molar-refractivity contribution in [2.24, 2.45) is 0 Å². The van der Waals surface area contributed by atoms with E-state index in [-0.39, 0.29) is 6.61 Å². The van der Waals surface area contributed by atoms with E-state index < -0.39 is 54.5 Å². The molecule has 0 N–H and O–H groups in total. The lowest BCUT2D eigenvalue weighted by Crippen LogP contribution is -2.61. The van der Waals surface area contributed by atoms with Gasteiger partial charge in [0.25, 0.3) is 0 Å². The van der Waals surface area contributed by atoms with Gasteiger partial charge in [-0.3, -0.25) is 28.8 Å². The van der Waals surface area contributed by atoms with Gasteiger partial charge < -0.3 is 18.9 Å². The number of carbonyl (C=O) groups is 4. The Labute approximate surface area is 144 Å². The molecule has 25 heavy (non-hydrogen) atoms. The van der Waals surface area contributed by atoms with Crippen molar-refractivity contribution in [3.8, 4) is 0 Å². The molecule has 0 spiro atoms. The Morgan fingerprint density at radius 1 is 0.840 bits per heavy atom. The first-order valence-corrected chi connectivity index (χ1v) is 7.32.